The van der Waals surface area contributed by atoms with Crippen molar-refractivity contribution in [2.45, 2.75) is 13.8 Å². The Morgan fingerprint density at radius 3 is 2.53 bits per heavy atom. The Bertz CT molecular complexity index is 442. The molecule has 0 spiro atoms. The predicted octanol–water partition coefficient (Wildman–Crippen LogP) is 0.793. The number of hydrogen-bond donors (Lipinski definition) is 2. The highest BCUT2D eigenvalue weighted by Gasteiger charge is 2.12. The van der Waals surface area contributed by atoms with Crippen molar-refractivity contribution in [3.63, 3.8) is 0 Å². The maximum atomic E-state index is 11.5. The minimum absolute atomic E-state index is 0.0710. The molecule has 0 fully saturated rings. The number of rotatable bonds is 5. The molecule has 1 amide bonds. The Morgan fingerprint density at radius 1 is 1.41 bits per heavy atom. The summed E-state index contributed by atoms with van der Waals surface area (Å²) in [6.07, 6.45) is 0. The zero-order valence-electron chi connectivity index (χ0n) is 9.98. The van der Waals surface area contributed by atoms with Crippen LogP contribution in [0.25, 0.3) is 0 Å². The van der Waals surface area contributed by atoms with Crippen molar-refractivity contribution >= 4 is 29.3 Å². The molecule has 0 bridgehead atoms. The quantitative estimate of drug-likeness (QED) is 0.814. The number of anilines is 1. The molecule has 1 aromatic heterocycles. The number of nitrogens with one attached hydrogen (secondary N) is 1. The summed E-state index contributed by atoms with van der Waals surface area (Å²) >= 11 is 1.07. The molecule has 94 valence electrons. The molecule has 0 aliphatic carbocycles. The average molecular weight is 257 g/mol. The van der Waals surface area contributed by atoms with Crippen molar-refractivity contribution in [1.29, 1.82) is 0 Å². The van der Waals surface area contributed by atoms with Crippen LogP contribution in [0, 0.1) is 13.8 Å². The van der Waals surface area contributed by atoms with E-state index in [1.165, 1.54) is 0 Å². The van der Waals surface area contributed by atoms with E-state index in [4.69, 9.17) is 5.11 Å². The fourth-order valence-electron chi connectivity index (χ4n) is 1.36. The van der Waals surface area contributed by atoms with Crippen LogP contribution in [0.3, 0.4) is 0 Å². The van der Waals surface area contributed by atoms with Gasteiger partial charge in [-0.15, -0.1) is 11.8 Å². The zero-order valence-corrected chi connectivity index (χ0v) is 10.8. The first kappa shape index (κ1) is 13.6. The molecule has 1 aromatic rings. The van der Waals surface area contributed by atoms with Gasteiger partial charge < -0.3 is 10.4 Å². The van der Waals surface area contributed by atoms with Crippen LogP contribution in [0.15, 0.2) is 0 Å². The van der Waals surface area contributed by atoms with Crippen molar-refractivity contribution in [2.75, 3.05) is 16.8 Å². The van der Waals surface area contributed by atoms with Crippen LogP contribution in [0.4, 0.5) is 5.69 Å². The number of amides is 1. The molecular formula is C10H15N3O3S. The molecular weight excluding hydrogens is 242 g/mol. The third-order valence-electron chi connectivity index (χ3n) is 2.23. The van der Waals surface area contributed by atoms with E-state index in [0.717, 1.165) is 23.1 Å². The van der Waals surface area contributed by atoms with Gasteiger partial charge in [0.2, 0.25) is 5.91 Å². The first-order chi connectivity index (χ1) is 7.91. The lowest BCUT2D eigenvalue weighted by Gasteiger charge is -2.04. The standard InChI is InChI=1S/C10H15N3O3S/c1-6-10(7(2)13(3)12-6)11-8(14)4-17-5-9(15)16/h4-5H2,1-3H3,(H,11,14)(H,15,16). The summed E-state index contributed by atoms with van der Waals surface area (Å²) < 4.78 is 1.69. The summed E-state index contributed by atoms with van der Waals surface area (Å²) in [6.45, 7) is 3.67. The number of carboxylic acids is 1. The van der Waals surface area contributed by atoms with Gasteiger partial charge in [-0.3, -0.25) is 14.3 Å². The second-order valence-electron chi connectivity index (χ2n) is 3.60. The summed E-state index contributed by atoms with van der Waals surface area (Å²) in [5, 5.41) is 15.4. The maximum absolute atomic E-state index is 11.5. The summed E-state index contributed by atoms with van der Waals surface area (Å²) in [7, 11) is 1.80. The van der Waals surface area contributed by atoms with Crippen LogP contribution in [0.5, 0.6) is 0 Å². The fraction of sp³-hybridized carbons (Fsp3) is 0.500. The number of aliphatic carboxylic acids is 1. The molecule has 17 heavy (non-hydrogen) atoms. The molecule has 6 nitrogen and oxygen atoms in total. The third kappa shape index (κ3) is 3.77. The molecule has 0 unspecified atom stereocenters. The van der Waals surface area contributed by atoms with Crippen LogP contribution in [0.1, 0.15) is 11.4 Å². The Kier molecular flexibility index (Phi) is 4.56. The van der Waals surface area contributed by atoms with E-state index in [2.05, 4.69) is 10.4 Å². The predicted molar refractivity (Wildman–Crippen MR) is 66.3 cm³/mol. The molecule has 0 atom stereocenters. The average Bonchev–Trinajstić information content (AvgIpc) is 2.44. The maximum Gasteiger partial charge on any atom is 0.313 e. The Morgan fingerprint density at radius 2 is 2.06 bits per heavy atom. The van der Waals surface area contributed by atoms with Crippen molar-refractivity contribution in [3.05, 3.63) is 11.4 Å². The van der Waals surface area contributed by atoms with Gasteiger partial charge in [-0.2, -0.15) is 5.10 Å². The van der Waals surface area contributed by atoms with Crippen LogP contribution in [0.2, 0.25) is 0 Å². The van der Waals surface area contributed by atoms with E-state index in [-0.39, 0.29) is 17.4 Å². The molecule has 7 heteroatoms. The number of nitrogens with zero attached hydrogens (tertiary/aromatic N) is 2. The third-order valence-corrected chi connectivity index (χ3v) is 3.15. The Balaban J connectivity index is 2.53. The van der Waals surface area contributed by atoms with Crippen molar-refractivity contribution < 1.29 is 14.7 Å². The summed E-state index contributed by atoms with van der Waals surface area (Å²) in [5.74, 6) is -1.08. The van der Waals surface area contributed by atoms with Gasteiger partial charge in [0, 0.05) is 7.05 Å². The van der Waals surface area contributed by atoms with Gasteiger partial charge in [-0.1, -0.05) is 0 Å². The molecule has 1 rings (SSSR count). The van der Waals surface area contributed by atoms with Crippen LogP contribution in [-0.2, 0) is 16.6 Å². The van der Waals surface area contributed by atoms with Gasteiger partial charge in [0.1, 0.15) is 0 Å². The highest BCUT2D eigenvalue weighted by atomic mass is 32.2. The van der Waals surface area contributed by atoms with Gasteiger partial charge in [0.05, 0.1) is 28.6 Å². The van der Waals surface area contributed by atoms with Crippen LogP contribution < -0.4 is 5.32 Å². The van der Waals surface area contributed by atoms with E-state index < -0.39 is 5.97 Å². The largest absolute Gasteiger partial charge is 0.481 e. The number of thioether (sulfide) groups is 1. The highest BCUT2D eigenvalue weighted by Crippen LogP contribution is 2.18. The lowest BCUT2D eigenvalue weighted by molar-refractivity contribution is -0.133. The van der Waals surface area contributed by atoms with Crippen LogP contribution >= 0.6 is 11.8 Å². The molecule has 0 saturated heterocycles. The zero-order chi connectivity index (χ0) is 13.0. The topological polar surface area (TPSA) is 84.2 Å². The second kappa shape index (κ2) is 5.72. The molecule has 0 aliphatic heterocycles. The molecule has 0 radical (unpaired) electrons. The van der Waals surface area contributed by atoms with Gasteiger partial charge in [-0.25, -0.2) is 0 Å². The highest BCUT2D eigenvalue weighted by molar-refractivity contribution is 8.00. The summed E-state index contributed by atoms with van der Waals surface area (Å²) in [4.78, 5) is 21.8. The molecule has 2 N–H and O–H groups in total. The molecule has 0 aromatic carbocycles. The lowest BCUT2D eigenvalue weighted by atomic mass is 10.3. The summed E-state index contributed by atoms with van der Waals surface area (Å²) in [6, 6.07) is 0. The SMILES string of the molecule is Cc1nn(C)c(C)c1NC(=O)CSCC(=O)O. The van der Waals surface area contributed by atoms with Gasteiger partial charge in [0.25, 0.3) is 0 Å². The minimum Gasteiger partial charge on any atom is -0.481 e. The van der Waals surface area contributed by atoms with E-state index in [9.17, 15) is 9.59 Å². The van der Waals surface area contributed by atoms with Crippen molar-refractivity contribution in [1.82, 2.24) is 9.78 Å². The fourth-order valence-corrected chi connectivity index (χ4v) is 1.90. The number of aromatic nitrogens is 2. The monoisotopic (exact) mass is 257 g/mol. The Labute approximate surface area is 103 Å². The van der Waals surface area contributed by atoms with E-state index in [1.54, 1.807) is 11.7 Å². The molecule has 0 aliphatic rings. The number of hydrogen-bond acceptors (Lipinski definition) is 4. The van der Waals surface area contributed by atoms with Gasteiger partial charge in [-0.05, 0) is 13.8 Å². The molecule has 0 saturated carbocycles. The Hall–Kier alpha value is -1.50. The number of carboxylic acid groups (broad SMARTS) is 1. The van der Waals surface area contributed by atoms with Gasteiger partial charge in [0.15, 0.2) is 0 Å². The van der Waals surface area contributed by atoms with E-state index in [0.29, 0.717) is 5.69 Å². The summed E-state index contributed by atoms with van der Waals surface area (Å²) in [5.41, 5.74) is 2.33. The van der Waals surface area contributed by atoms with Crippen molar-refractivity contribution in [2.24, 2.45) is 7.05 Å². The number of aryl methyl sites for hydroxylation is 2. The number of carbonyl (C=O) groups excluding carboxylic acids is 1. The van der Waals surface area contributed by atoms with E-state index >= 15 is 0 Å². The number of carbonyl (C=O) groups is 2. The second-order valence-corrected chi connectivity index (χ2v) is 4.59. The smallest absolute Gasteiger partial charge is 0.313 e. The van der Waals surface area contributed by atoms with Gasteiger partial charge >= 0.3 is 5.97 Å². The minimum atomic E-state index is -0.920. The van der Waals surface area contributed by atoms with E-state index in [1.807, 2.05) is 13.8 Å². The lowest BCUT2D eigenvalue weighted by Crippen LogP contribution is -2.16. The first-order valence-electron chi connectivity index (χ1n) is 5.01. The van der Waals surface area contributed by atoms with Crippen molar-refractivity contribution in [3.8, 4) is 0 Å². The molecule has 1 heterocycles. The normalized spacial score (nSPS) is 10.3. The van der Waals surface area contributed by atoms with Crippen LogP contribution in [-0.4, -0.2) is 38.3 Å². The first-order valence-corrected chi connectivity index (χ1v) is 6.17.